The third-order valence-electron chi connectivity index (χ3n) is 3.47. The van der Waals surface area contributed by atoms with Gasteiger partial charge in [0, 0.05) is 17.5 Å². The molecule has 21 heavy (non-hydrogen) atoms. The smallest absolute Gasteiger partial charge is 0.229 e. The minimum Gasteiger partial charge on any atom is -0.229 e. The largest absolute Gasteiger partial charge is 0.253 e. The van der Waals surface area contributed by atoms with Gasteiger partial charge < -0.3 is 0 Å². The second-order valence-electron chi connectivity index (χ2n) is 4.99. The van der Waals surface area contributed by atoms with Crippen molar-refractivity contribution in [3.05, 3.63) is 29.7 Å². The maximum atomic E-state index is 12.7. The molecule has 2 rings (SSSR count). The molecule has 1 aliphatic rings. The van der Waals surface area contributed by atoms with Crippen molar-refractivity contribution in [2.45, 2.75) is 30.0 Å². The highest BCUT2D eigenvalue weighted by Gasteiger charge is 2.38. The predicted molar refractivity (Wildman–Crippen MR) is 84.8 cm³/mol. The third-order valence-corrected chi connectivity index (χ3v) is 8.84. The van der Waals surface area contributed by atoms with Crippen molar-refractivity contribution in [1.29, 1.82) is 0 Å². The van der Waals surface area contributed by atoms with Gasteiger partial charge in [-0.1, -0.05) is 13.0 Å². The number of thiophene rings is 1. The molecular formula is C13H19NO4S3. The molecule has 0 radical (unpaired) electrons. The van der Waals surface area contributed by atoms with Crippen molar-refractivity contribution in [2.24, 2.45) is 0 Å². The first-order valence-electron chi connectivity index (χ1n) is 6.72. The van der Waals surface area contributed by atoms with Crippen molar-refractivity contribution in [3.8, 4) is 0 Å². The quantitative estimate of drug-likeness (QED) is 0.733. The molecule has 0 amide bonds. The van der Waals surface area contributed by atoms with Crippen molar-refractivity contribution in [1.82, 2.24) is 4.31 Å². The van der Waals surface area contributed by atoms with Crippen molar-refractivity contribution < 1.29 is 16.8 Å². The van der Waals surface area contributed by atoms with Crippen LogP contribution in [0.15, 0.2) is 29.0 Å². The average Bonchev–Trinajstić information content (AvgIpc) is 3.02. The number of aryl methyl sites for hydroxylation is 1. The minimum absolute atomic E-state index is 0.0471. The summed E-state index contributed by atoms with van der Waals surface area (Å²) in [6.07, 6.45) is 2.62. The maximum Gasteiger partial charge on any atom is 0.253 e. The first kappa shape index (κ1) is 16.7. The molecule has 1 atom stereocenters. The molecule has 8 heteroatoms. The van der Waals surface area contributed by atoms with Gasteiger partial charge in [-0.05, 0) is 25.0 Å². The Bertz CT molecular complexity index is 718. The Balaban J connectivity index is 2.34. The Morgan fingerprint density at radius 1 is 1.48 bits per heavy atom. The number of sulfone groups is 1. The molecule has 1 aliphatic heterocycles. The molecule has 5 nitrogen and oxygen atoms in total. The average molecular weight is 349 g/mol. The van der Waals surface area contributed by atoms with Crippen LogP contribution in [0.5, 0.6) is 0 Å². The summed E-state index contributed by atoms with van der Waals surface area (Å²) in [7, 11) is -6.81. The molecule has 1 fully saturated rings. The van der Waals surface area contributed by atoms with Gasteiger partial charge in [-0.15, -0.1) is 17.9 Å². The minimum atomic E-state index is -3.67. The van der Waals surface area contributed by atoms with E-state index < -0.39 is 25.9 Å². The highest BCUT2D eigenvalue weighted by atomic mass is 32.2. The van der Waals surface area contributed by atoms with Gasteiger partial charge in [-0.3, -0.25) is 0 Å². The molecule has 0 spiro atoms. The van der Waals surface area contributed by atoms with Gasteiger partial charge in [-0.25, -0.2) is 16.8 Å². The first-order chi connectivity index (χ1) is 9.80. The Hall–Kier alpha value is -0.700. The molecule has 1 unspecified atom stereocenters. The summed E-state index contributed by atoms with van der Waals surface area (Å²) in [5.41, 5.74) is 0. The van der Waals surface area contributed by atoms with Crippen LogP contribution in [-0.4, -0.2) is 45.2 Å². The zero-order valence-electron chi connectivity index (χ0n) is 11.9. The number of hydrogen-bond acceptors (Lipinski definition) is 5. The van der Waals surface area contributed by atoms with Gasteiger partial charge in [-0.2, -0.15) is 4.31 Å². The standard InChI is InChI=1S/C13H19NO4S3/c1-3-8-14(11-7-9-20(15,16)10-11)21(17,18)13-6-5-12(4-2)19-13/h3,5-6,11H,1,4,7-10H2,2H3. The fraction of sp³-hybridized carbons (Fsp3) is 0.538. The van der Waals surface area contributed by atoms with E-state index in [1.165, 1.54) is 21.7 Å². The SMILES string of the molecule is C=CCN(C1CCS(=O)(=O)C1)S(=O)(=O)c1ccc(CC)s1. The van der Waals surface area contributed by atoms with Crippen molar-refractivity contribution in [3.63, 3.8) is 0 Å². The van der Waals surface area contributed by atoms with Crippen LogP contribution in [0.2, 0.25) is 0 Å². The number of sulfonamides is 1. The van der Waals surface area contributed by atoms with Crippen molar-refractivity contribution in [2.75, 3.05) is 18.1 Å². The molecule has 0 saturated carbocycles. The molecule has 118 valence electrons. The van der Waals surface area contributed by atoms with E-state index in [2.05, 4.69) is 6.58 Å². The highest BCUT2D eigenvalue weighted by molar-refractivity contribution is 7.92. The van der Waals surface area contributed by atoms with E-state index >= 15 is 0 Å². The van der Waals surface area contributed by atoms with E-state index in [0.29, 0.717) is 6.42 Å². The summed E-state index contributed by atoms with van der Waals surface area (Å²) in [5, 5.41) is 0. The van der Waals surface area contributed by atoms with Crippen LogP contribution in [0.25, 0.3) is 0 Å². The number of hydrogen-bond donors (Lipinski definition) is 0. The van der Waals surface area contributed by atoms with Gasteiger partial charge in [0.25, 0.3) is 10.0 Å². The van der Waals surface area contributed by atoms with E-state index in [0.717, 1.165) is 11.3 Å². The summed E-state index contributed by atoms with van der Waals surface area (Å²) in [6.45, 7) is 5.68. The molecule has 2 heterocycles. The van der Waals surface area contributed by atoms with Gasteiger partial charge in [0.15, 0.2) is 9.84 Å². The topological polar surface area (TPSA) is 71.5 Å². The van der Waals surface area contributed by atoms with Gasteiger partial charge >= 0.3 is 0 Å². The Labute approximate surface area is 130 Å². The van der Waals surface area contributed by atoms with Crippen LogP contribution in [0.3, 0.4) is 0 Å². The molecule has 0 aliphatic carbocycles. The Morgan fingerprint density at radius 3 is 2.67 bits per heavy atom. The van der Waals surface area contributed by atoms with Crippen LogP contribution >= 0.6 is 11.3 Å². The summed E-state index contributed by atoms with van der Waals surface area (Å²) >= 11 is 1.24. The van der Waals surface area contributed by atoms with E-state index in [-0.39, 0.29) is 22.3 Å². The lowest BCUT2D eigenvalue weighted by atomic mass is 10.2. The van der Waals surface area contributed by atoms with Crippen LogP contribution in [0.1, 0.15) is 18.2 Å². The summed E-state index contributed by atoms with van der Waals surface area (Å²) < 4.78 is 50.3. The van der Waals surface area contributed by atoms with Crippen LogP contribution in [0.4, 0.5) is 0 Å². The van der Waals surface area contributed by atoms with Crippen LogP contribution in [-0.2, 0) is 26.3 Å². The van der Waals surface area contributed by atoms with Gasteiger partial charge in [0.1, 0.15) is 4.21 Å². The molecular weight excluding hydrogens is 330 g/mol. The zero-order chi connectivity index (χ0) is 15.7. The van der Waals surface area contributed by atoms with E-state index in [9.17, 15) is 16.8 Å². The Morgan fingerprint density at radius 2 is 2.19 bits per heavy atom. The van der Waals surface area contributed by atoms with Gasteiger partial charge in [0.2, 0.25) is 0 Å². The normalized spacial score (nSPS) is 21.7. The summed E-state index contributed by atoms with van der Waals surface area (Å²) in [6, 6.07) is 2.90. The molecule has 0 aromatic carbocycles. The second kappa shape index (κ2) is 6.20. The van der Waals surface area contributed by atoms with Gasteiger partial charge in [0.05, 0.1) is 11.5 Å². The number of rotatable bonds is 6. The van der Waals surface area contributed by atoms with Crippen LogP contribution in [0, 0.1) is 0 Å². The predicted octanol–water partition coefficient (Wildman–Crippen LogP) is 1.67. The number of nitrogens with zero attached hydrogens (tertiary/aromatic N) is 1. The van der Waals surface area contributed by atoms with E-state index in [1.807, 2.05) is 6.92 Å². The first-order valence-corrected chi connectivity index (χ1v) is 10.8. The van der Waals surface area contributed by atoms with Crippen molar-refractivity contribution >= 4 is 31.2 Å². The highest BCUT2D eigenvalue weighted by Crippen LogP contribution is 2.29. The molecule has 1 saturated heterocycles. The molecule has 0 N–H and O–H groups in total. The lowest BCUT2D eigenvalue weighted by Gasteiger charge is -2.25. The summed E-state index contributed by atoms with van der Waals surface area (Å²) in [4.78, 5) is 0.992. The summed E-state index contributed by atoms with van der Waals surface area (Å²) in [5.74, 6) is -0.0580. The monoisotopic (exact) mass is 349 g/mol. The van der Waals surface area contributed by atoms with E-state index in [1.54, 1.807) is 12.1 Å². The fourth-order valence-electron chi connectivity index (χ4n) is 2.38. The lowest BCUT2D eigenvalue weighted by Crippen LogP contribution is -2.40. The van der Waals surface area contributed by atoms with Crippen LogP contribution < -0.4 is 0 Å². The lowest BCUT2D eigenvalue weighted by molar-refractivity contribution is 0.368. The van der Waals surface area contributed by atoms with E-state index in [4.69, 9.17) is 0 Å². The fourth-order valence-corrected chi connectivity index (χ4v) is 7.25. The Kier molecular flexibility index (Phi) is 4.92. The maximum absolute atomic E-state index is 12.7. The molecule has 1 aromatic rings. The second-order valence-corrected chi connectivity index (χ2v) is 10.5. The molecule has 1 aromatic heterocycles. The molecule has 0 bridgehead atoms. The third kappa shape index (κ3) is 3.56. The zero-order valence-corrected chi connectivity index (χ0v) is 14.3.